The minimum absolute atomic E-state index is 0.488. The molecule has 0 saturated heterocycles. The average Bonchev–Trinajstić information content (AvgIpc) is 3.19. The number of ether oxygens (including phenoxy) is 1. The zero-order valence-corrected chi connectivity index (χ0v) is 15.7. The van der Waals surface area contributed by atoms with E-state index in [1.807, 2.05) is 37.3 Å². The number of hydrogen-bond donors (Lipinski definition) is 0. The van der Waals surface area contributed by atoms with Crippen LogP contribution in [-0.4, -0.2) is 27.0 Å². The van der Waals surface area contributed by atoms with Gasteiger partial charge in [-0.15, -0.1) is 10.2 Å². The molecule has 7 heteroatoms. The maximum atomic E-state index is 5.23. The number of thioether (sulfide) groups is 1. The summed E-state index contributed by atoms with van der Waals surface area (Å²) in [4.78, 5) is 0. The van der Waals surface area contributed by atoms with Crippen molar-refractivity contribution in [3.05, 3.63) is 41.8 Å². The van der Waals surface area contributed by atoms with Gasteiger partial charge in [0, 0.05) is 23.9 Å². The van der Waals surface area contributed by atoms with Crippen molar-refractivity contribution in [1.82, 2.24) is 19.9 Å². The van der Waals surface area contributed by atoms with Crippen LogP contribution in [0.15, 0.2) is 40.0 Å². The van der Waals surface area contributed by atoms with Crippen molar-refractivity contribution in [3.8, 4) is 17.1 Å². The lowest BCUT2D eigenvalue weighted by Gasteiger charge is -2.12. The first-order chi connectivity index (χ1) is 12.1. The first kappa shape index (κ1) is 17.5. The summed E-state index contributed by atoms with van der Waals surface area (Å²) in [6.45, 7) is 7.12. The van der Waals surface area contributed by atoms with Gasteiger partial charge in [-0.1, -0.05) is 30.8 Å². The van der Waals surface area contributed by atoms with E-state index < -0.39 is 0 Å². The van der Waals surface area contributed by atoms with E-state index in [9.17, 15) is 0 Å². The largest absolute Gasteiger partial charge is 0.497 e. The van der Waals surface area contributed by atoms with Crippen molar-refractivity contribution in [2.75, 3.05) is 7.11 Å². The van der Waals surface area contributed by atoms with Gasteiger partial charge >= 0.3 is 0 Å². The molecule has 0 saturated carbocycles. The summed E-state index contributed by atoms with van der Waals surface area (Å²) in [6, 6.07) is 9.84. The normalized spacial score (nSPS) is 11.2. The molecule has 1 aromatic carbocycles. The zero-order chi connectivity index (χ0) is 17.8. The standard InChI is InChI=1S/C18H22N4O2S/c1-12(2)10-22-17(14-5-7-16(23-4)8-6-14)19-20-18(22)25-11-15-9-13(3)24-21-15/h5-9,12H,10-11H2,1-4H3. The van der Waals surface area contributed by atoms with Gasteiger partial charge in [0.25, 0.3) is 0 Å². The second-order valence-corrected chi connectivity index (χ2v) is 7.20. The maximum Gasteiger partial charge on any atom is 0.191 e. The van der Waals surface area contributed by atoms with E-state index in [-0.39, 0.29) is 0 Å². The summed E-state index contributed by atoms with van der Waals surface area (Å²) >= 11 is 1.62. The summed E-state index contributed by atoms with van der Waals surface area (Å²) in [6.07, 6.45) is 0. The molecule has 2 heterocycles. The van der Waals surface area contributed by atoms with Gasteiger partial charge in [0.2, 0.25) is 0 Å². The second-order valence-electron chi connectivity index (χ2n) is 6.26. The molecule has 0 unspecified atom stereocenters. The van der Waals surface area contributed by atoms with Crippen LogP contribution in [0.1, 0.15) is 25.3 Å². The van der Waals surface area contributed by atoms with Crippen LogP contribution in [-0.2, 0) is 12.3 Å². The van der Waals surface area contributed by atoms with Crippen molar-refractivity contribution < 1.29 is 9.26 Å². The molecule has 0 N–H and O–H groups in total. The number of benzene rings is 1. The van der Waals surface area contributed by atoms with E-state index in [1.165, 1.54) is 0 Å². The van der Waals surface area contributed by atoms with Crippen LogP contribution >= 0.6 is 11.8 Å². The fraction of sp³-hybridized carbons (Fsp3) is 0.389. The van der Waals surface area contributed by atoms with Gasteiger partial charge in [0.15, 0.2) is 11.0 Å². The fourth-order valence-corrected chi connectivity index (χ4v) is 3.33. The topological polar surface area (TPSA) is 66.0 Å². The Kier molecular flexibility index (Phi) is 5.43. The first-order valence-electron chi connectivity index (χ1n) is 8.19. The van der Waals surface area contributed by atoms with Crippen LogP contribution in [0.25, 0.3) is 11.4 Å². The molecule has 0 fully saturated rings. The molecule has 132 valence electrons. The Morgan fingerprint density at radius 3 is 2.56 bits per heavy atom. The predicted octanol–water partition coefficient (Wildman–Crippen LogP) is 4.20. The highest BCUT2D eigenvalue weighted by atomic mass is 32.2. The monoisotopic (exact) mass is 358 g/mol. The third kappa shape index (κ3) is 4.22. The molecule has 0 atom stereocenters. The van der Waals surface area contributed by atoms with Gasteiger partial charge in [-0.2, -0.15) is 0 Å². The number of hydrogen-bond acceptors (Lipinski definition) is 6. The maximum absolute atomic E-state index is 5.23. The molecule has 2 aromatic heterocycles. The minimum atomic E-state index is 0.488. The summed E-state index contributed by atoms with van der Waals surface area (Å²) in [5.74, 6) is 3.71. The molecule has 0 radical (unpaired) electrons. The van der Waals surface area contributed by atoms with Crippen molar-refractivity contribution in [3.63, 3.8) is 0 Å². The van der Waals surface area contributed by atoms with Gasteiger partial charge in [-0.25, -0.2) is 0 Å². The van der Waals surface area contributed by atoms with Crippen LogP contribution in [0.4, 0.5) is 0 Å². The minimum Gasteiger partial charge on any atom is -0.497 e. The van der Waals surface area contributed by atoms with Gasteiger partial charge in [0.05, 0.1) is 12.8 Å². The number of methoxy groups -OCH3 is 1. The first-order valence-corrected chi connectivity index (χ1v) is 9.18. The second kappa shape index (κ2) is 7.74. The number of rotatable bonds is 7. The average molecular weight is 358 g/mol. The summed E-state index contributed by atoms with van der Waals surface area (Å²) in [5.41, 5.74) is 1.94. The predicted molar refractivity (Wildman–Crippen MR) is 97.6 cm³/mol. The summed E-state index contributed by atoms with van der Waals surface area (Å²) in [7, 11) is 1.66. The van der Waals surface area contributed by atoms with Gasteiger partial charge in [0.1, 0.15) is 11.5 Å². The molecular weight excluding hydrogens is 336 g/mol. The van der Waals surface area contributed by atoms with Gasteiger partial charge < -0.3 is 13.8 Å². The highest BCUT2D eigenvalue weighted by Gasteiger charge is 2.16. The fourth-order valence-electron chi connectivity index (χ4n) is 2.50. The van der Waals surface area contributed by atoms with Crippen molar-refractivity contribution in [1.29, 1.82) is 0 Å². The summed E-state index contributed by atoms with van der Waals surface area (Å²) < 4.78 is 12.5. The van der Waals surface area contributed by atoms with Crippen molar-refractivity contribution in [2.45, 2.75) is 38.2 Å². The third-order valence-electron chi connectivity index (χ3n) is 3.64. The Morgan fingerprint density at radius 1 is 1.20 bits per heavy atom. The smallest absolute Gasteiger partial charge is 0.191 e. The zero-order valence-electron chi connectivity index (χ0n) is 14.9. The van der Waals surface area contributed by atoms with E-state index in [0.29, 0.717) is 11.7 Å². The summed E-state index contributed by atoms with van der Waals surface area (Å²) in [5, 5.41) is 13.7. The van der Waals surface area contributed by atoms with Crippen LogP contribution < -0.4 is 4.74 Å². The molecule has 0 spiro atoms. The van der Waals surface area contributed by atoms with Crippen LogP contribution in [0.2, 0.25) is 0 Å². The van der Waals surface area contributed by atoms with Gasteiger partial charge in [-0.3, -0.25) is 0 Å². The molecule has 25 heavy (non-hydrogen) atoms. The molecule has 0 aliphatic rings. The Balaban J connectivity index is 1.86. The van der Waals surface area contributed by atoms with E-state index >= 15 is 0 Å². The lowest BCUT2D eigenvalue weighted by molar-refractivity contribution is 0.393. The Hall–Kier alpha value is -2.28. The highest BCUT2D eigenvalue weighted by molar-refractivity contribution is 7.98. The highest BCUT2D eigenvalue weighted by Crippen LogP contribution is 2.28. The molecule has 0 aliphatic heterocycles. The lowest BCUT2D eigenvalue weighted by atomic mass is 10.2. The molecule has 6 nitrogen and oxygen atoms in total. The number of nitrogens with zero attached hydrogens (tertiary/aromatic N) is 4. The Morgan fingerprint density at radius 2 is 1.96 bits per heavy atom. The quantitative estimate of drug-likeness (QED) is 0.590. The van der Waals surface area contributed by atoms with E-state index in [1.54, 1.807) is 18.9 Å². The Bertz CT molecular complexity index is 824. The number of aryl methyl sites for hydroxylation is 1. The van der Waals surface area contributed by atoms with E-state index in [0.717, 1.165) is 40.3 Å². The third-order valence-corrected chi connectivity index (χ3v) is 4.64. The van der Waals surface area contributed by atoms with Crippen molar-refractivity contribution in [2.24, 2.45) is 5.92 Å². The molecular formula is C18H22N4O2S. The number of aromatic nitrogens is 4. The Labute approximate surface area is 151 Å². The SMILES string of the molecule is COc1ccc(-c2nnc(SCc3cc(C)on3)n2CC(C)C)cc1. The van der Waals surface area contributed by atoms with Crippen LogP contribution in [0.3, 0.4) is 0 Å². The molecule has 0 amide bonds. The van der Waals surface area contributed by atoms with E-state index in [4.69, 9.17) is 9.26 Å². The van der Waals surface area contributed by atoms with Crippen LogP contribution in [0, 0.1) is 12.8 Å². The molecule has 3 aromatic rings. The molecule has 0 bridgehead atoms. The van der Waals surface area contributed by atoms with Crippen LogP contribution in [0.5, 0.6) is 5.75 Å². The van der Waals surface area contributed by atoms with Gasteiger partial charge in [-0.05, 0) is 37.1 Å². The van der Waals surface area contributed by atoms with E-state index in [2.05, 4.69) is 33.8 Å². The molecule has 0 aliphatic carbocycles. The van der Waals surface area contributed by atoms with Crippen molar-refractivity contribution >= 4 is 11.8 Å². The lowest BCUT2D eigenvalue weighted by Crippen LogP contribution is -2.08. The molecule has 3 rings (SSSR count).